The van der Waals surface area contributed by atoms with Crippen LogP contribution in [-0.4, -0.2) is 15.0 Å². The number of fused-ring (bicyclic) bond motifs is 1. The zero-order chi connectivity index (χ0) is 16.4. The summed E-state index contributed by atoms with van der Waals surface area (Å²) in [6, 6.07) is 7.88. The van der Waals surface area contributed by atoms with Gasteiger partial charge in [0.25, 0.3) is 5.56 Å². The number of aryl methyl sites for hydroxylation is 2. The van der Waals surface area contributed by atoms with Crippen molar-refractivity contribution < 1.29 is 0 Å². The van der Waals surface area contributed by atoms with Crippen LogP contribution in [0.4, 0.5) is 0 Å². The third kappa shape index (κ3) is 2.59. The van der Waals surface area contributed by atoms with Crippen LogP contribution in [0.5, 0.6) is 0 Å². The molecule has 114 valence electrons. The Morgan fingerprint density at radius 3 is 2.52 bits per heavy atom. The van der Waals surface area contributed by atoms with E-state index in [4.69, 9.17) is 0 Å². The summed E-state index contributed by atoms with van der Waals surface area (Å²) in [5, 5.41) is 10.3. The first-order valence-corrected chi connectivity index (χ1v) is 7.58. The van der Waals surface area contributed by atoms with E-state index in [1.807, 2.05) is 31.2 Å². The van der Waals surface area contributed by atoms with Crippen molar-refractivity contribution >= 4 is 10.9 Å². The first kappa shape index (κ1) is 14.9. The number of rotatable bonds is 3. The zero-order valence-corrected chi connectivity index (χ0v) is 13.1. The van der Waals surface area contributed by atoms with Crippen LogP contribution in [0.2, 0.25) is 0 Å². The van der Waals surface area contributed by atoms with Crippen LogP contribution in [0, 0.1) is 11.3 Å². The van der Waals surface area contributed by atoms with E-state index in [2.05, 4.69) is 21.9 Å². The Kier molecular flexibility index (Phi) is 3.90. The molecule has 3 aromatic rings. The number of nitriles is 1. The van der Waals surface area contributed by atoms with Crippen molar-refractivity contribution in [3.05, 3.63) is 57.9 Å². The predicted octanol–water partition coefficient (Wildman–Crippen LogP) is 2.98. The second-order valence-electron chi connectivity index (χ2n) is 5.29. The minimum atomic E-state index is -0.390. The van der Waals surface area contributed by atoms with Gasteiger partial charge in [0, 0.05) is 40.8 Å². The largest absolute Gasteiger partial charge is 0.321 e. The molecule has 2 aromatic heterocycles. The van der Waals surface area contributed by atoms with Crippen LogP contribution in [0.25, 0.3) is 22.0 Å². The molecular formula is C18H16N4O. The van der Waals surface area contributed by atoms with Crippen LogP contribution >= 0.6 is 0 Å². The van der Waals surface area contributed by atoms with Crippen molar-refractivity contribution in [3.63, 3.8) is 0 Å². The van der Waals surface area contributed by atoms with E-state index in [1.165, 1.54) is 0 Å². The second-order valence-corrected chi connectivity index (χ2v) is 5.29. The van der Waals surface area contributed by atoms with E-state index in [9.17, 15) is 10.1 Å². The molecular weight excluding hydrogens is 288 g/mol. The average Bonchev–Trinajstić information content (AvgIpc) is 2.60. The molecule has 2 heterocycles. The first-order chi connectivity index (χ1) is 11.2. The summed E-state index contributed by atoms with van der Waals surface area (Å²) in [6.45, 7) is 4.04. The Bertz CT molecular complexity index is 965. The topological polar surface area (TPSA) is 82.4 Å². The molecule has 1 N–H and O–H groups in total. The fourth-order valence-corrected chi connectivity index (χ4v) is 2.63. The van der Waals surface area contributed by atoms with Crippen LogP contribution < -0.4 is 5.56 Å². The van der Waals surface area contributed by atoms with Crippen molar-refractivity contribution in [2.45, 2.75) is 26.7 Å². The number of aromatic amines is 1. The number of benzene rings is 1. The molecule has 0 amide bonds. The van der Waals surface area contributed by atoms with Crippen LogP contribution in [0.1, 0.15) is 30.8 Å². The lowest BCUT2D eigenvalue weighted by Crippen LogP contribution is -2.12. The quantitative estimate of drug-likeness (QED) is 0.806. The van der Waals surface area contributed by atoms with Gasteiger partial charge in [-0.15, -0.1) is 0 Å². The van der Waals surface area contributed by atoms with Gasteiger partial charge >= 0.3 is 0 Å². The summed E-state index contributed by atoms with van der Waals surface area (Å²) < 4.78 is 0. The molecule has 0 aliphatic carbocycles. The summed E-state index contributed by atoms with van der Waals surface area (Å²) in [5.74, 6) is 0.732. The van der Waals surface area contributed by atoms with Gasteiger partial charge in [-0.05, 0) is 24.1 Å². The van der Waals surface area contributed by atoms with Gasteiger partial charge in [0.2, 0.25) is 0 Å². The summed E-state index contributed by atoms with van der Waals surface area (Å²) >= 11 is 0. The Morgan fingerprint density at radius 2 is 1.91 bits per heavy atom. The van der Waals surface area contributed by atoms with Crippen LogP contribution in [0.15, 0.2) is 35.4 Å². The molecule has 3 rings (SSSR count). The molecule has 0 saturated heterocycles. The van der Waals surface area contributed by atoms with E-state index in [0.717, 1.165) is 29.6 Å². The average molecular weight is 304 g/mol. The van der Waals surface area contributed by atoms with E-state index in [1.54, 1.807) is 12.4 Å². The van der Waals surface area contributed by atoms with Gasteiger partial charge in [-0.25, -0.2) is 9.97 Å². The number of H-pyrrole nitrogens is 1. The monoisotopic (exact) mass is 304 g/mol. The van der Waals surface area contributed by atoms with Gasteiger partial charge in [-0.3, -0.25) is 4.79 Å². The smallest absolute Gasteiger partial charge is 0.266 e. The fourth-order valence-electron chi connectivity index (χ4n) is 2.63. The fraction of sp³-hybridized carbons (Fsp3) is 0.222. The molecule has 0 atom stereocenters. The van der Waals surface area contributed by atoms with Gasteiger partial charge in [0.1, 0.15) is 17.5 Å². The highest BCUT2D eigenvalue weighted by Gasteiger charge is 2.15. The van der Waals surface area contributed by atoms with E-state index in [-0.39, 0.29) is 11.1 Å². The zero-order valence-electron chi connectivity index (χ0n) is 13.1. The molecule has 1 aromatic carbocycles. The van der Waals surface area contributed by atoms with E-state index >= 15 is 0 Å². The van der Waals surface area contributed by atoms with Gasteiger partial charge in [-0.1, -0.05) is 19.9 Å². The van der Waals surface area contributed by atoms with E-state index < -0.39 is 0 Å². The lowest BCUT2D eigenvalue weighted by molar-refractivity contribution is 0.941. The van der Waals surface area contributed by atoms with Crippen molar-refractivity contribution in [3.8, 4) is 17.2 Å². The SMILES string of the molecule is CCc1ccc2[nH]c(=O)c(C#N)c(-c3cnc(CC)nc3)c2c1. The maximum atomic E-state index is 12.2. The molecule has 23 heavy (non-hydrogen) atoms. The van der Waals surface area contributed by atoms with Crippen LogP contribution in [0.3, 0.4) is 0 Å². The van der Waals surface area contributed by atoms with Gasteiger partial charge in [0.05, 0.1) is 0 Å². The van der Waals surface area contributed by atoms with E-state index in [0.29, 0.717) is 16.6 Å². The molecule has 0 radical (unpaired) electrons. The minimum absolute atomic E-state index is 0.0959. The number of nitrogens with zero attached hydrogens (tertiary/aromatic N) is 3. The second kappa shape index (κ2) is 6.01. The Morgan fingerprint density at radius 1 is 1.17 bits per heavy atom. The molecule has 0 fully saturated rings. The van der Waals surface area contributed by atoms with Crippen molar-refractivity contribution in [1.82, 2.24) is 15.0 Å². The minimum Gasteiger partial charge on any atom is -0.321 e. The lowest BCUT2D eigenvalue weighted by atomic mass is 9.97. The van der Waals surface area contributed by atoms with Crippen molar-refractivity contribution in [1.29, 1.82) is 5.26 Å². The maximum Gasteiger partial charge on any atom is 0.266 e. The highest BCUT2D eigenvalue weighted by Crippen LogP contribution is 2.29. The molecule has 0 bridgehead atoms. The number of hydrogen-bond donors (Lipinski definition) is 1. The normalized spacial score (nSPS) is 10.7. The molecule has 0 aliphatic heterocycles. The summed E-state index contributed by atoms with van der Waals surface area (Å²) in [6.07, 6.45) is 4.97. The highest BCUT2D eigenvalue weighted by atomic mass is 16.1. The molecule has 5 nitrogen and oxygen atoms in total. The first-order valence-electron chi connectivity index (χ1n) is 7.58. The maximum absolute atomic E-state index is 12.2. The number of pyridine rings is 1. The Balaban J connectivity index is 2.39. The third-order valence-corrected chi connectivity index (χ3v) is 3.91. The summed E-state index contributed by atoms with van der Waals surface area (Å²) in [5.41, 5.74) is 2.84. The molecule has 0 aliphatic rings. The molecule has 0 spiro atoms. The lowest BCUT2D eigenvalue weighted by Gasteiger charge is -2.10. The van der Waals surface area contributed by atoms with Crippen LogP contribution in [-0.2, 0) is 12.8 Å². The molecule has 0 saturated carbocycles. The summed E-state index contributed by atoms with van der Waals surface area (Å²) in [4.78, 5) is 23.6. The third-order valence-electron chi connectivity index (χ3n) is 3.91. The van der Waals surface area contributed by atoms with Crippen molar-refractivity contribution in [2.75, 3.05) is 0 Å². The van der Waals surface area contributed by atoms with Crippen molar-refractivity contribution in [2.24, 2.45) is 0 Å². The Labute approximate surface area is 133 Å². The van der Waals surface area contributed by atoms with Gasteiger partial charge in [-0.2, -0.15) is 5.26 Å². The number of hydrogen-bond acceptors (Lipinski definition) is 4. The van der Waals surface area contributed by atoms with Gasteiger partial charge in [0.15, 0.2) is 0 Å². The van der Waals surface area contributed by atoms with Gasteiger partial charge < -0.3 is 4.98 Å². The predicted molar refractivity (Wildman–Crippen MR) is 89.1 cm³/mol. The number of nitrogens with one attached hydrogen (secondary N) is 1. The molecule has 5 heteroatoms. The summed E-state index contributed by atoms with van der Waals surface area (Å²) in [7, 11) is 0. The number of aromatic nitrogens is 3. The standard InChI is InChI=1S/C18H16N4O/c1-3-11-5-6-15-13(7-11)17(14(8-19)18(23)22-15)12-9-20-16(4-2)21-10-12/h5-7,9-10H,3-4H2,1-2H3,(H,22,23). The molecule has 0 unspecified atom stereocenters. The Hall–Kier alpha value is -3.00. The highest BCUT2D eigenvalue weighted by molar-refractivity contribution is 5.97.